The number of methoxy groups -OCH3 is 3. The third-order valence-electron chi connectivity index (χ3n) is 5.13. The first-order valence-corrected chi connectivity index (χ1v) is 10.9. The van der Waals surface area contributed by atoms with Gasteiger partial charge in [0.1, 0.15) is 15.6 Å². The van der Waals surface area contributed by atoms with Crippen LogP contribution in [-0.4, -0.2) is 69.5 Å². The van der Waals surface area contributed by atoms with Gasteiger partial charge in [-0.25, -0.2) is 9.59 Å². The lowest BCUT2D eigenvalue weighted by Gasteiger charge is -2.37. The van der Waals surface area contributed by atoms with E-state index in [-0.39, 0.29) is 0 Å². The maximum absolute atomic E-state index is 12.3. The molecule has 1 aliphatic rings. The number of carbonyl (C=O) groups is 2. The van der Waals surface area contributed by atoms with E-state index < -0.39 is 11.9 Å². The summed E-state index contributed by atoms with van der Waals surface area (Å²) in [7, 11) is 4.26. The molecule has 0 bridgehead atoms. The Hall–Kier alpha value is -2.85. The number of ether oxygens (including phenoxy) is 3. The topological polar surface area (TPSA) is 80.3 Å². The zero-order valence-electron chi connectivity index (χ0n) is 17.9. The van der Waals surface area contributed by atoms with Crippen LogP contribution < -0.4 is 15.0 Å². The quantitative estimate of drug-likeness (QED) is 0.531. The molecule has 1 aromatic heterocycles. The van der Waals surface area contributed by atoms with Gasteiger partial charge >= 0.3 is 11.9 Å². The van der Waals surface area contributed by atoms with E-state index in [4.69, 9.17) is 26.4 Å². The minimum absolute atomic E-state index is 0.298. The van der Waals surface area contributed by atoms with Gasteiger partial charge in [-0.15, -0.1) is 11.3 Å². The average molecular weight is 464 g/mol. The number of anilines is 2. The summed E-state index contributed by atoms with van der Waals surface area (Å²) >= 11 is 6.72. The minimum atomic E-state index is -0.529. The highest BCUT2D eigenvalue weighted by Crippen LogP contribution is 2.34. The maximum Gasteiger partial charge on any atom is 0.348 e. The van der Waals surface area contributed by atoms with Crippen LogP contribution in [0.4, 0.5) is 10.7 Å². The smallest absolute Gasteiger partial charge is 0.348 e. The molecule has 166 valence electrons. The molecule has 1 fully saturated rings. The Morgan fingerprint density at radius 2 is 1.61 bits per heavy atom. The van der Waals surface area contributed by atoms with E-state index in [0.717, 1.165) is 49.0 Å². The SMILES string of the molecule is COC(=O)c1sc(NC(=S)N2CCN(c3ccc(OC)cc3)CC2)c(C(=O)OC)c1C. The van der Waals surface area contributed by atoms with Gasteiger partial charge in [-0.3, -0.25) is 0 Å². The van der Waals surface area contributed by atoms with Crippen molar-refractivity contribution in [2.45, 2.75) is 6.92 Å². The number of hydrogen-bond acceptors (Lipinski definition) is 8. The zero-order chi connectivity index (χ0) is 22.5. The van der Waals surface area contributed by atoms with Crippen LogP contribution in [0.2, 0.25) is 0 Å². The van der Waals surface area contributed by atoms with E-state index in [1.54, 1.807) is 14.0 Å². The minimum Gasteiger partial charge on any atom is -0.497 e. The molecule has 1 aromatic carbocycles. The van der Waals surface area contributed by atoms with Crippen LogP contribution in [-0.2, 0) is 9.47 Å². The predicted octanol–water partition coefficient (Wildman–Crippen LogP) is 3.16. The van der Waals surface area contributed by atoms with Crippen molar-refractivity contribution < 1.29 is 23.8 Å². The van der Waals surface area contributed by atoms with E-state index in [1.165, 1.54) is 14.2 Å². The number of carbonyl (C=O) groups excluding carboxylic acids is 2. The number of rotatable bonds is 5. The summed E-state index contributed by atoms with van der Waals surface area (Å²) in [5.41, 5.74) is 1.94. The fraction of sp³-hybridized carbons (Fsp3) is 0.381. The molecule has 10 heteroatoms. The van der Waals surface area contributed by atoms with Gasteiger partial charge in [0.05, 0.1) is 26.9 Å². The molecule has 31 heavy (non-hydrogen) atoms. The van der Waals surface area contributed by atoms with Gasteiger partial charge in [0.15, 0.2) is 5.11 Å². The van der Waals surface area contributed by atoms with Crippen LogP contribution >= 0.6 is 23.6 Å². The maximum atomic E-state index is 12.3. The molecule has 0 atom stereocenters. The molecule has 1 aliphatic heterocycles. The Kier molecular flexibility index (Phi) is 7.34. The molecule has 0 amide bonds. The van der Waals surface area contributed by atoms with Crippen molar-refractivity contribution in [1.29, 1.82) is 0 Å². The summed E-state index contributed by atoms with van der Waals surface area (Å²) in [6, 6.07) is 7.97. The van der Waals surface area contributed by atoms with E-state index in [2.05, 4.69) is 10.2 Å². The first-order valence-electron chi connectivity index (χ1n) is 9.64. The standard InChI is InChI=1S/C21H25N3O5S2/c1-13-16(19(25)28-3)18(31-17(13)20(26)29-4)22-21(30)24-11-9-23(10-12-24)14-5-7-15(27-2)8-6-14/h5-8H,9-12H2,1-4H3,(H,22,30). The van der Waals surface area contributed by atoms with Crippen LogP contribution in [0.15, 0.2) is 24.3 Å². The van der Waals surface area contributed by atoms with Crippen molar-refractivity contribution in [3.05, 3.63) is 40.3 Å². The van der Waals surface area contributed by atoms with Crippen LogP contribution in [0.1, 0.15) is 25.6 Å². The van der Waals surface area contributed by atoms with E-state index in [9.17, 15) is 9.59 Å². The molecule has 2 heterocycles. The number of thiocarbonyl (C=S) groups is 1. The predicted molar refractivity (Wildman–Crippen MR) is 125 cm³/mol. The van der Waals surface area contributed by atoms with E-state index in [1.807, 2.05) is 29.2 Å². The van der Waals surface area contributed by atoms with Crippen molar-refractivity contribution in [3.63, 3.8) is 0 Å². The number of thiophene rings is 1. The first-order chi connectivity index (χ1) is 14.9. The number of nitrogens with zero attached hydrogens (tertiary/aromatic N) is 2. The molecule has 1 saturated heterocycles. The normalized spacial score (nSPS) is 13.5. The molecule has 8 nitrogen and oxygen atoms in total. The highest BCUT2D eigenvalue weighted by molar-refractivity contribution is 7.80. The average Bonchev–Trinajstić information content (AvgIpc) is 3.13. The molecule has 1 N–H and O–H groups in total. The van der Waals surface area contributed by atoms with E-state index >= 15 is 0 Å². The molecular weight excluding hydrogens is 438 g/mol. The van der Waals surface area contributed by atoms with Gasteiger partial charge < -0.3 is 29.3 Å². The van der Waals surface area contributed by atoms with Gasteiger partial charge in [0.2, 0.25) is 0 Å². The van der Waals surface area contributed by atoms with Crippen LogP contribution in [0.25, 0.3) is 0 Å². The largest absolute Gasteiger partial charge is 0.497 e. The molecule has 0 radical (unpaired) electrons. The summed E-state index contributed by atoms with van der Waals surface area (Å²) in [4.78, 5) is 29.0. The second-order valence-electron chi connectivity index (χ2n) is 6.85. The fourth-order valence-electron chi connectivity index (χ4n) is 3.37. The van der Waals surface area contributed by atoms with E-state index in [0.29, 0.717) is 26.1 Å². The lowest BCUT2D eigenvalue weighted by atomic mass is 10.1. The summed E-state index contributed by atoms with van der Waals surface area (Å²) in [6.07, 6.45) is 0. The number of nitrogens with one attached hydrogen (secondary N) is 1. The van der Waals surface area contributed by atoms with Crippen LogP contribution in [0.5, 0.6) is 5.75 Å². The summed E-state index contributed by atoms with van der Waals surface area (Å²) in [5, 5.41) is 4.11. The highest BCUT2D eigenvalue weighted by Gasteiger charge is 2.27. The third-order valence-corrected chi connectivity index (χ3v) is 6.68. The highest BCUT2D eigenvalue weighted by atomic mass is 32.1. The van der Waals surface area contributed by atoms with Crippen molar-refractivity contribution in [3.8, 4) is 5.75 Å². The van der Waals surface area contributed by atoms with Crippen molar-refractivity contribution in [2.75, 3.05) is 57.7 Å². The summed E-state index contributed by atoms with van der Waals surface area (Å²) in [5.74, 6) is -0.204. The van der Waals surface area contributed by atoms with Crippen molar-refractivity contribution in [1.82, 2.24) is 4.90 Å². The molecule has 0 saturated carbocycles. The molecule has 3 rings (SSSR count). The molecular formula is C21H25N3O5S2. The van der Waals surface area contributed by atoms with Gasteiger partial charge in [-0.1, -0.05) is 0 Å². The number of benzene rings is 1. The van der Waals surface area contributed by atoms with Crippen molar-refractivity contribution in [2.24, 2.45) is 0 Å². The summed E-state index contributed by atoms with van der Waals surface area (Å²) < 4.78 is 14.9. The molecule has 2 aromatic rings. The van der Waals surface area contributed by atoms with Crippen LogP contribution in [0.3, 0.4) is 0 Å². The second-order valence-corrected chi connectivity index (χ2v) is 8.25. The molecule has 0 unspecified atom stereocenters. The lowest BCUT2D eigenvalue weighted by Crippen LogP contribution is -2.50. The molecule has 0 spiro atoms. The Labute approximate surface area is 190 Å². The number of hydrogen-bond donors (Lipinski definition) is 1. The number of piperazine rings is 1. The first kappa shape index (κ1) is 22.8. The van der Waals surface area contributed by atoms with Crippen LogP contribution in [0, 0.1) is 6.92 Å². The third kappa shape index (κ3) is 4.91. The lowest BCUT2D eigenvalue weighted by molar-refractivity contribution is 0.0601. The Morgan fingerprint density at radius 1 is 1.00 bits per heavy atom. The summed E-state index contributed by atoms with van der Waals surface area (Å²) in [6.45, 7) is 4.74. The van der Waals surface area contributed by atoms with Gasteiger partial charge in [0.25, 0.3) is 0 Å². The molecule has 0 aliphatic carbocycles. The Morgan fingerprint density at radius 3 is 2.16 bits per heavy atom. The fourth-order valence-corrected chi connectivity index (χ4v) is 4.84. The Bertz CT molecular complexity index is 966. The monoisotopic (exact) mass is 463 g/mol. The van der Waals surface area contributed by atoms with Crippen molar-refractivity contribution >= 4 is 51.3 Å². The second kappa shape index (κ2) is 9.97. The zero-order valence-corrected chi connectivity index (χ0v) is 19.5. The Balaban J connectivity index is 1.69. The van der Waals surface area contributed by atoms with Gasteiger partial charge in [0, 0.05) is 31.9 Å². The van der Waals surface area contributed by atoms with Gasteiger partial charge in [-0.05, 0) is 49.0 Å². The van der Waals surface area contributed by atoms with Gasteiger partial charge in [-0.2, -0.15) is 0 Å². The number of esters is 2.